The van der Waals surface area contributed by atoms with E-state index in [9.17, 15) is 5.11 Å². The van der Waals surface area contributed by atoms with Crippen LogP contribution in [0, 0.1) is 0 Å². The molecule has 0 radical (unpaired) electrons. The summed E-state index contributed by atoms with van der Waals surface area (Å²) >= 11 is 3.64. The van der Waals surface area contributed by atoms with Gasteiger partial charge in [0.25, 0.3) is 0 Å². The fraction of sp³-hybridized carbons (Fsp3) is 0.310. The molecule has 2 aliphatic rings. The maximum absolute atomic E-state index is 10.2. The highest BCUT2D eigenvalue weighted by Crippen LogP contribution is 2.45. The molecule has 0 fully saturated rings. The average Bonchev–Trinajstić information content (AvgIpc) is 3.17. The first-order valence-electron chi connectivity index (χ1n) is 11.7. The second-order valence-electron chi connectivity index (χ2n) is 9.07. The molecule has 3 aromatic carbocycles. The zero-order valence-corrected chi connectivity index (χ0v) is 20.7. The molecule has 6 rings (SSSR count). The lowest BCUT2D eigenvalue weighted by molar-refractivity contribution is 0.145. The molecule has 1 unspecified atom stereocenters. The molecule has 6 heteroatoms. The number of aliphatic hydroxyl groups is 1. The van der Waals surface area contributed by atoms with Crippen molar-refractivity contribution in [3.63, 3.8) is 0 Å². The number of fused-ring (bicyclic) bond motifs is 6. The van der Waals surface area contributed by atoms with E-state index in [0.29, 0.717) is 6.61 Å². The van der Waals surface area contributed by atoms with Gasteiger partial charge in [0.1, 0.15) is 13.3 Å². The summed E-state index contributed by atoms with van der Waals surface area (Å²) in [4.78, 5) is 2.54. The highest BCUT2D eigenvalue weighted by Gasteiger charge is 2.36. The first kappa shape index (κ1) is 23.9. The van der Waals surface area contributed by atoms with Crippen molar-refractivity contribution < 1.29 is 14.6 Å². The minimum Gasteiger partial charge on any atom is -0.493 e. The summed E-state index contributed by atoms with van der Waals surface area (Å²) in [6, 6.07) is 21.2. The molecule has 5 nitrogen and oxygen atoms in total. The van der Waals surface area contributed by atoms with Crippen LogP contribution in [0.3, 0.4) is 0 Å². The predicted molar refractivity (Wildman–Crippen MR) is 143 cm³/mol. The number of ether oxygens (including phenoxy) is 2. The van der Waals surface area contributed by atoms with E-state index in [2.05, 4.69) is 61.8 Å². The Morgan fingerprint density at radius 3 is 2.66 bits per heavy atom. The van der Waals surface area contributed by atoms with E-state index in [-0.39, 0.29) is 20.2 Å². The van der Waals surface area contributed by atoms with Crippen molar-refractivity contribution in [1.82, 2.24) is 9.47 Å². The lowest BCUT2D eigenvalue weighted by Crippen LogP contribution is -2.39. The van der Waals surface area contributed by atoms with E-state index < -0.39 is 0 Å². The second kappa shape index (κ2) is 9.69. The van der Waals surface area contributed by atoms with Crippen LogP contribution >= 0.6 is 15.9 Å². The van der Waals surface area contributed by atoms with Gasteiger partial charge in [-0.2, -0.15) is 0 Å². The van der Waals surface area contributed by atoms with Gasteiger partial charge in [0.05, 0.1) is 12.6 Å². The number of aromatic nitrogens is 1. The smallest absolute Gasteiger partial charge is 0.162 e. The maximum atomic E-state index is 10.2. The maximum Gasteiger partial charge on any atom is 0.162 e. The first-order valence-corrected chi connectivity index (χ1v) is 12.5. The van der Waals surface area contributed by atoms with E-state index in [0.717, 1.165) is 53.0 Å². The molecular formula is C29H31BrN2O3. The van der Waals surface area contributed by atoms with Gasteiger partial charge in [0.2, 0.25) is 0 Å². The molecule has 0 bridgehead atoms. The van der Waals surface area contributed by atoms with Gasteiger partial charge in [-0.3, -0.25) is 4.90 Å². The number of hydrogen-bond donors (Lipinski definition) is 1. The first-order chi connectivity index (χ1) is 16.7. The Morgan fingerprint density at radius 1 is 1.06 bits per heavy atom. The normalized spacial score (nSPS) is 16.7. The van der Waals surface area contributed by atoms with E-state index in [1.165, 1.54) is 27.8 Å². The quantitative estimate of drug-likeness (QED) is 0.329. The summed E-state index contributed by atoms with van der Waals surface area (Å²) in [6.45, 7) is 2.32. The van der Waals surface area contributed by atoms with E-state index in [1.807, 2.05) is 24.3 Å². The van der Waals surface area contributed by atoms with Gasteiger partial charge in [-0.15, -0.1) is 0 Å². The Labute approximate surface area is 215 Å². The molecule has 0 amide bonds. The van der Waals surface area contributed by atoms with Crippen LogP contribution in [0.2, 0.25) is 0 Å². The number of aliphatic hydroxyl groups excluding tert-OH is 1. The largest absolute Gasteiger partial charge is 0.493 e. The molecule has 0 saturated carbocycles. The van der Waals surface area contributed by atoms with Gasteiger partial charge in [-0.25, -0.2) is 0 Å². The van der Waals surface area contributed by atoms with Crippen molar-refractivity contribution >= 4 is 26.8 Å². The lowest BCUT2D eigenvalue weighted by Gasteiger charge is -2.41. The molecule has 1 atom stereocenters. The number of nitrogens with zero attached hydrogens (tertiary/aromatic N) is 2. The predicted octanol–water partition coefficient (Wildman–Crippen LogP) is 6.23. The summed E-state index contributed by atoms with van der Waals surface area (Å²) in [7, 11) is 1.71. The van der Waals surface area contributed by atoms with Crippen molar-refractivity contribution in [2.45, 2.75) is 46.2 Å². The second-order valence-corrected chi connectivity index (χ2v) is 9.99. The zero-order valence-electron chi connectivity index (χ0n) is 19.1. The van der Waals surface area contributed by atoms with Crippen LogP contribution in [0.4, 0.5) is 0 Å². The summed E-state index contributed by atoms with van der Waals surface area (Å²) in [5.41, 5.74) is 7.44. The van der Waals surface area contributed by atoms with Gasteiger partial charge >= 0.3 is 0 Å². The molecule has 0 spiro atoms. The van der Waals surface area contributed by atoms with Gasteiger partial charge in [-0.1, -0.05) is 53.7 Å². The highest BCUT2D eigenvalue weighted by molar-refractivity contribution is 9.10. The highest BCUT2D eigenvalue weighted by atomic mass is 79.9. The van der Waals surface area contributed by atoms with Crippen LogP contribution in [-0.2, 0) is 32.7 Å². The average molecular weight is 535 g/mol. The summed E-state index contributed by atoms with van der Waals surface area (Å²) < 4.78 is 15.1. The zero-order chi connectivity index (χ0) is 23.2. The van der Waals surface area contributed by atoms with E-state index in [4.69, 9.17) is 9.47 Å². The Morgan fingerprint density at radius 2 is 1.89 bits per heavy atom. The fourth-order valence-electron chi connectivity index (χ4n) is 5.60. The Hall–Kier alpha value is -2.80. The van der Waals surface area contributed by atoms with Crippen LogP contribution in [0.1, 0.15) is 41.4 Å². The number of rotatable bonds is 5. The van der Waals surface area contributed by atoms with Crippen LogP contribution in [-0.4, -0.2) is 28.2 Å². The SMILES string of the molecule is C.COc1cc2c(cc1OCc1ccccc1)C1Cc3c(n(CO)c4ccc(Br)cc34)CN1CC2. The van der Waals surface area contributed by atoms with Crippen molar-refractivity contribution in [1.29, 1.82) is 0 Å². The van der Waals surface area contributed by atoms with Crippen LogP contribution in [0.15, 0.2) is 65.1 Å². The molecule has 0 saturated heterocycles. The Kier molecular flexibility index (Phi) is 6.62. The standard InChI is InChI=1S/C28H27BrN2O3.CH4/c1-33-27-11-19-9-10-30-15-26-23(22-12-20(29)7-8-24(22)31(26)17-32)13-25(30)21(19)14-28(27)34-16-18-5-3-2-4-6-18;/h2-8,11-12,14,25,32H,9-10,13,15-17H2,1H3;1H4. The number of hydrogen-bond acceptors (Lipinski definition) is 4. The van der Waals surface area contributed by atoms with Crippen molar-refractivity contribution in [3.8, 4) is 11.5 Å². The van der Waals surface area contributed by atoms with Crippen molar-refractivity contribution in [2.24, 2.45) is 0 Å². The third-order valence-corrected chi connectivity index (χ3v) is 7.76. The molecular weight excluding hydrogens is 504 g/mol. The summed E-state index contributed by atoms with van der Waals surface area (Å²) in [6.07, 6.45) is 1.88. The molecule has 0 aliphatic carbocycles. The summed E-state index contributed by atoms with van der Waals surface area (Å²) in [5.74, 6) is 1.58. The number of methoxy groups -OCH3 is 1. The topological polar surface area (TPSA) is 46.9 Å². The van der Waals surface area contributed by atoms with Crippen LogP contribution < -0.4 is 9.47 Å². The van der Waals surface area contributed by atoms with Gasteiger partial charge < -0.3 is 19.1 Å². The van der Waals surface area contributed by atoms with Crippen LogP contribution in [0.25, 0.3) is 10.9 Å². The van der Waals surface area contributed by atoms with E-state index in [1.54, 1.807) is 7.11 Å². The summed E-state index contributed by atoms with van der Waals surface area (Å²) in [5, 5.41) is 11.4. The van der Waals surface area contributed by atoms with Gasteiger partial charge in [0.15, 0.2) is 11.5 Å². The molecule has 1 aromatic heterocycles. The molecule has 182 valence electrons. The Balaban J connectivity index is 0.00000253. The molecule has 4 aromatic rings. The van der Waals surface area contributed by atoms with Gasteiger partial charge in [-0.05, 0) is 65.4 Å². The molecule has 1 N–H and O–H groups in total. The van der Waals surface area contributed by atoms with Gasteiger partial charge in [0, 0.05) is 34.7 Å². The molecule has 2 aliphatic heterocycles. The fourth-order valence-corrected chi connectivity index (χ4v) is 5.96. The third kappa shape index (κ3) is 4.14. The monoisotopic (exact) mass is 534 g/mol. The Bertz CT molecular complexity index is 1370. The lowest BCUT2D eigenvalue weighted by atomic mass is 9.85. The minimum absolute atomic E-state index is 0. The minimum atomic E-state index is -0.00275. The number of halogens is 1. The molecule has 3 heterocycles. The van der Waals surface area contributed by atoms with E-state index >= 15 is 0 Å². The number of benzene rings is 3. The molecule has 35 heavy (non-hydrogen) atoms. The third-order valence-electron chi connectivity index (χ3n) is 7.27. The van der Waals surface area contributed by atoms with Crippen LogP contribution in [0.5, 0.6) is 11.5 Å². The van der Waals surface area contributed by atoms with Crippen molar-refractivity contribution in [3.05, 3.63) is 93.1 Å². The van der Waals surface area contributed by atoms with Crippen molar-refractivity contribution in [2.75, 3.05) is 13.7 Å².